The van der Waals surface area contributed by atoms with Gasteiger partial charge in [-0.3, -0.25) is 0 Å². The van der Waals surface area contributed by atoms with Gasteiger partial charge in [-0.1, -0.05) is 141 Å². The van der Waals surface area contributed by atoms with E-state index >= 15 is 0 Å². The van der Waals surface area contributed by atoms with Crippen molar-refractivity contribution in [2.24, 2.45) is 17.8 Å². The maximum Gasteiger partial charge on any atom is 0.187 e. The molecule has 0 amide bonds. The summed E-state index contributed by atoms with van der Waals surface area (Å²) in [6.07, 6.45) is 8.58. The van der Waals surface area contributed by atoms with Gasteiger partial charge in [-0.25, -0.2) is 19.8 Å². The molecule has 4 saturated carbocycles. The van der Waals surface area contributed by atoms with Crippen molar-refractivity contribution < 1.29 is 0 Å². The van der Waals surface area contributed by atoms with Crippen molar-refractivity contribution in [3.05, 3.63) is 168 Å². The lowest BCUT2D eigenvalue weighted by Gasteiger charge is -2.57. The van der Waals surface area contributed by atoms with Crippen molar-refractivity contribution in [2.45, 2.75) is 63.2 Å². The van der Waals surface area contributed by atoms with Crippen molar-refractivity contribution >= 4 is 5.69 Å². The molecule has 0 N–H and O–H groups in total. The fraction of sp³-hybridized carbons (Fsp3) is 0.245. The minimum Gasteiger partial charge on any atom is -0.238 e. The van der Waals surface area contributed by atoms with Crippen LogP contribution in [0.3, 0.4) is 0 Å². The Bertz CT molecular complexity index is 2680. The number of hydrogen-bond acceptors (Lipinski definition) is 3. The van der Waals surface area contributed by atoms with Gasteiger partial charge in [0.1, 0.15) is 0 Å². The number of rotatable bonds is 6. The monoisotopic (exact) mass is 736 g/mol. The van der Waals surface area contributed by atoms with Gasteiger partial charge in [-0.15, -0.1) is 0 Å². The molecule has 57 heavy (non-hydrogen) atoms. The Morgan fingerprint density at radius 1 is 0.474 bits per heavy atom. The van der Waals surface area contributed by atoms with E-state index in [9.17, 15) is 0 Å². The molecule has 0 unspecified atom stereocenters. The third kappa shape index (κ3) is 5.75. The van der Waals surface area contributed by atoms with Crippen molar-refractivity contribution in [1.82, 2.24) is 15.0 Å². The summed E-state index contributed by atoms with van der Waals surface area (Å²) < 4.78 is 0. The molecule has 0 spiro atoms. The summed E-state index contributed by atoms with van der Waals surface area (Å²) in [4.78, 5) is 18.8. The van der Waals surface area contributed by atoms with E-state index in [0.29, 0.717) is 28.6 Å². The molecule has 4 nitrogen and oxygen atoms in total. The lowest BCUT2D eigenvalue weighted by molar-refractivity contribution is -0.00518. The van der Waals surface area contributed by atoms with Crippen LogP contribution in [0.1, 0.15) is 69.1 Å². The van der Waals surface area contributed by atoms with Crippen LogP contribution in [0.25, 0.3) is 72.4 Å². The predicted molar refractivity (Wildman–Crippen MR) is 231 cm³/mol. The fourth-order valence-corrected chi connectivity index (χ4v) is 11.4. The molecule has 0 saturated heterocycles. The molecular weight excluding hydrogens is 693 g/mol. The first-order valence-electron chi connectivity index (χ1n) is 20.6. The lowest BCUT2D eigenvalue weighted by Crippen LogP contribution is -2.48. The van der Waals surface area contributed by atoms with Gasteiger partial charge in [0.25, 0.3) is 0 Å². The minimum atomic E-state index is -0.205. The molecule has 6 aromatic carbocycles. The van der Waals surface area contributed by atoms with Crippen molar-refractivity contribution in [2.75, 3.05) is 0 Å². The van der Waals surface area contributed by atoms with Crippen LogP contribution in [-0.4, -0.2) is 15.0 Å². The second kappa shape index (κ2) is 12.9. The third-order valence-electron chi connectivity index (χ3n) is 13.9. The quantitative estimate of drug-likeness (QED) is 0.160. The van der Waals surface area contributed by atoms with E-state index in [1.807, 2.05) is 24.3 Å². The molecular formula is C53H44N4. The van der Waals surface area contributed by atoms with Crippen LogP contribution in [0.15, 0.2) is 140 Å². The van der Waals surface area contributed by atoms with Gasteiger partial charge in [-0.2, -0.15) is 0 Å². The Morgan fingerprint density at radius 3 is 1.44 bits per heavy atom. The topological polar surface area (TPSA) is 43.0 Å². The first-order chi connectivity index (χ1) is 27.8. The van der Waals surface area contributed by atoms with Crippen LogP contribution in [0.2, 0.25) is 0 Å². The van der Waals surface area contributed by atoms with Crippen molar-refractivity contribution in [1.29, 1.82) is 0 Å². The van der Waals surface area contributed by atoms with Gasteiger partial charge in [0.05, 0.1) is 6.57 Å². The van der Waals surface area contributed by atoms with Crippen LogP contribution in [0, 0.1) is 24.3 Å². The van der Waals surface area contributed by atoms with E-state index in [0.717, 1.165) is 34.4 Å². The van der Waals surface area contributed by atoms with Gasteiger partial charge in [0.2, 0.25) is 0 Å². The Hall–Kier alpha value is -6.18. The molecule has 5 aliphatic rings. The molecule has 7 aromatic rings. The van der Waals surface area contributed by atoms with Gasteiger partial charge in [-0.05, 0) is 124 Å². The Balaban J connectivity index is 0.934. The predicted octanol–water partition coefficient (Wildman–Crippen LogP) is 13.5. The summed E-state index contributed by atoms with van der Waals surface area (Å²) in [6.45, 7) is 12.1. The lowest BCUT2D eigenvalue weighted by atomic mass is 9.48. The highest BCUT2D eigenvalue weighted by Gasteiger charge is 2.51. The zero-order valence-corrected chi connectivity index (χ0v) is 32.5. The third-order valence-corrected chi connectivity index (χ3v) is 13.9. The molecule has 4 bridgehead atoms. The minimum absolute atomic E-state index is 0.205. The summed E-state index contributed by atoms with van der Waals surface area (Å²) >= 11 is 0. The second-order valence-electron chi connectivity index (χ2n) is 17.8. The van der Waals surface area contributed by atoms with Gasteiger partial charge >= 0.3 is 0 Å². The van der Waals surface area contributed by atoms with Crippen LogP contribution in [-0.2, 0) is 10.8 Å². The van der Waals surface area contributed by atoms with E-state index in [2.05, 4.69) is 134 Å². The fourth-order valence-electron chi connectivity index (χ4n) is 11.4. The second-order valence-corrected chi connectivity index (χ2v) is 17.8. The highest BCUT2D eigenvalue weighted by atomic mass is 15.0. The average molecular weight is 737 g/mol. The standard InChI is InChI=1S/C53H44N4/c1-52(2)47-28-41(36-7-5-4-6-8-36)17-23-45(47)46-24-18-42(29-48(46)52)51-56-49(55-50(57-51)40-15-21-44(54-3)22-16-40)39-11-9-37(10-12-39)38-13-19-43(20-14-38)53-30-33-25-34(31-53)27-35(26-33)32-53/h4-24,28-29,33-35H,25-27,30-32H2,1-2H3. The molecule has 12 rings (SSSR count). The maximum absolute atomic E-state index is 7.46. The Labute approximate surface area is 335 Å². The highest BCUT2D eigenvalue weighted by Crippen LogP contribution is 2.61. The van der Waals surface area contributed by atoms with Crippen LogP contribution in [0.5, 0.6) is 0 Å². The van der Waals surface area contributed by atoms with E-state index < -0.39 is 0 Å². The maximum atomic E-state index is 7.46. The number of fused-ring (bicyclic) bond motifs is 3. The number of aromatic nitrogens is 3. The zero-order chi connectivity index (χ0) is 38.3. The number of hydrogen-bond donors (Lipinski definition) is 0. The number of nitrogens with zero attached hydrogens (tertiary/aromatic N) is 4. The molecule has 1 heterocycles. The van der Waals surface area contributed by atoms with Crippen molar-refractivity contribution in [3.8, 4) is 67.5 Å². The smallest absolute Gasteiger partial charge is 0.187 e. The zero-order valence-electron chi connectivity index (χ0n) is 32.5. The summed E-state index contributed by atoms with van der Waals surface area (Å²) in [6, 6.07) is 49.9. The van der Waals surface area contributed by atoms with Gasteiger partial charge in [0, 0.05) is 22.1 Å². The molecule has 0 aliphatic heterocycles. The van der Waals surface area contributed by atoms with Gasteiger partial charge < -0.3 is 0 Å². The van der Waals surface area contributed by atoms with Crippen molar-refractivity contribution in [3.63, 3.8) is 0 Å². The highest BCUT2D eigenvalue weighted by molar-refractivity contribution is 5.85. The summed E-state index contributed by atoms with van der Waals surface area (Å²) in [7, 11) is 0. The van der Waals surface area contributed by atoms with Crippen LogP contribution >= 0.6 is 0 Å². The molecule has 4 heteroatoms. The summed E-state index contributed by atoms with van der Waals surface area (Å²) in [5, 5.41) is 0. The van der Waals surface area contributed by atoms with Gasteiger partial charge in [0.15, 0.2) is 23.2 Å². The van der Waals surface area contributed by atoms with E-state index in [1.54, 1.807) is 5.56 Å². The SMILES string of the molecule is [C-]#[N+]c1ccc(-c2nc(-c3ccc(-c4ccc(C56CC7CC(CC(C7)C5)C6)cc4)cc3)nc(-c3ccc4c(c3)C(C)(C)c3cc(-c5ccccc5)ccc3-4)n2)cc1. The van der Waals surface area contributed by atoms with E-state index in [4.69, 9.17) is 21.5 Å². The summed E-state index contributed by atoms with van der Waals surface area (Å²) in [5.74, 6) is 4.68. The molecule has 0 radical (unpaired) electrons. The van der Waals surface area contributed by atoms with Crippen LogP contribution < -0.4 is 0 Å². The largest absolute Gasteiger partial charge is 0.238 e. The average Bonchev–Trinajstić information content (AvgIpc) is 3.48. The van der Waals surface area contributed by atoms with E-state index in [-0.39, 0.29) is 5.41 Å². The summed E-state index contributed by atoms with van der Waals surface area (Å²) in [5.41, 5.74) is 15.1. The number of benzene rings is 6. The normalized spacial score (nSPS) is 22.2. The molecule has 1 aromatic heterocycles. The first kappa shape index (κ1) is 34.1. The first-order valence-corrected chi connectivity index (χ1v) is 20.6. The molecule has 0 atom stereocenters. The Kier molecular flexibility index (Phi) is 7.74. The van der Waals surface area contributed by atoms with E-state index in [1.165, 1.54) is 83.0 Å². The molecule has 276 valence electrons. The van der Waals surface area contributed by atoms with Crippen LogP contribution in [0.4, 0.5) is 5.69 Å². The molecule has 4 fully saturated rings. The Morgan fingerprint density at radius 2 is 0.895 bits per heavy atom. The molecule has 5 aliphatic carbocycles.